The standard InChI is InChI=1S/C27H37NO3/c1-18-7-6-10-21-16-23-24(25(29)27(18,21)2)22(26(30)31-23)17-28-13-11-20(12-14-28)15-19-8-4-3-5-9-19/h3-5,8-10,18,20,22-25,29H,6-7,11-17H2,1-2H3/t18-,22?,23-,24-,25+,27-/m1/s1. The van der Waals surface area contributed by atoms with E-state index in [0.717, 1.165) is 51.2 Å². The van der Waals surface area contributed by atoms with E-state index in [9.17, 15) is 9.90 Å². The highest BCUT2D eigenvalue weighted by molar-refractivity contribution is 5.76. The van der Waals surface area contributed by atoms with Crippen molar-refractivity contribution in [3.63, 3.8) is 0 Å². The summed E-state index contributed by atoms with van der Waals surface area (Å²) in [7, 11) is 0. The Balaban J connectivity index is 1.24. The number of carbonyl (C=O) groups excluding carboxylic acids is 1. The van der Waals surface area contributed by atoms with E-state index < -0.39 is 6.10 Å². The SMILES string of the molecule is C[C@@H]1CCC=C2C[C@H]3OC(=O)C(CN4CCC(Cc5ccccc5)CC4)[C@H]3[C@H](O)[C@@]21C. The molecule has 1 N–H and O–H groups in total. The Morgan fingerprint density at radius 2 is 1.90 bits per heavy atom. The van der Waals surface area contributed by atoms with Gasteiger partial charge in [0, 0.05) is 24.3 Å². The largest absolute Gasteiger partial charge is 0.461 e. The van der Waals surface area contributed by atoms with Gasteiger partial charge in [0.2, 0.25) is 0 Å². The summed E-state index contributed by atoms with van der Waals surface area (Å²) in [4.78, 5) is 15.3. The van der Waals surface area contributed by atoms with E-state index >= 15 is 0 Å². The quantitative estimate of drug-likeness (QED) is 0.582. The number of aliphatic hydroxyl groups excluding tert-OH is 1. The number of rotatable bonds is 4. The van der Waals surface area contributed by atoms with Crippen molar-refractivity contribution in [2.45, 2.75) is 64.6 Å². The van der Waals surface area contributed by atoms with Crippen LogP contribution in [0.2, 0.25) is 0 Å². The predicted molar refractivity (Wildman–Crippen MR) is 121 cm³/mol. The number of carbonyl (C=O) groups is 1. The van der Waals surface area contributed by atoms with Crippen LogP contribution in [-0.4, -0.2) is 47.8 Å². The molecule has 0 spiro atoms. The number of esters is 1. The highest BCUT2D eigenvalue weighted by Crippen LogP contribution is 2.56. The summed E-state index contributed by atoms with van der Waals surface area (Å²) in [5.74, 6) is 0.803. The predicted octanol–water partition coefficient (Wildman–Crippen LogP) is 4.23. The van der Waals surface area contributed by atoms with Crippen molar-refractivity contribution in [3.8, 4) is 0 Å². The van der Waals surface area contributed by atoms with Gasteiger partial charge in [-0.25, -0.2) is 0 Å². The summed E-state index contributed by atoms with van der Waals surface area (Å²) in [6.45, 7) is 7.29. The van der Waals surface area contributed by atoms with Crippen LogP contribution in [0.25, 0.3) is 0 Å². The molecule has 1 saturated carbocycles. The second kappa shape index (κ2) is 8.37. The van der Waals surface area contributed by atoms with E-state index in [0.29, 0.717) is 5.92 Å². The monoisotopic (exact) mass is 423 g/mol. The molecule has 3 fully saturated rings. The Morgan fingerprint density at radius 1 is 1.16 bits per heavy atom. The van der Waals surface area contributed by atoms with Crippen molar-refractivity contribution in [2.24, 2.45) is 29.1 Å². The summed E-state index contributed by atoms with van der Waals surface area (Å²) in [5.41, 5.74) is 2.52. The summed E-state index contributed by atoms with van der Waals surface area (Å²) >= 11 is 0. The molecule has 2 saturated heterocycles. The minimum atomic E-state index is -0.500. The third-order valence-electron chi connectivity index (χ3n) is 9.10. The van der Waals surface area contributed by atoms with Gasteiger partial charge in [-0.05, 0) is 62.6 Å². The fourth-order valence-electron chi connectivity index (χ4n) is 6.87. The maximum absolute atomic E-state index is 12.9. The maximum atomic E-state index is 12.9. The molecule has 1 unspecified atom stereocenters. The third-order valence-corrected chi connectivity index (χ3v) is 9.10. The van der Waals surface area contributed by atoms with E-state index in [-0.39, 0.29) is 29.3 Å². The lowest BCUT2D eigenvalue weighted by Crippen LogP contribution is -2.55. The smallest absolute Gasteiger partial charge is 0.311 e. The van der Waals surface area contributed by atoms with E-state index in [1.165, 1.54) is 24.0 Å². The van der Waals surface area contributed by atoms with Gasteiger partial charge in [-0.3, -0.25) is 4.79 Å². The van der Waals surface area contributed by atoms with Crippen molar-refractivity contribution < 1.29 is 14.6 Å². The van der Waals surface area contributed by atoms with Crippen molar-refractivity contribution in [1.82, 2.24) is 4.90 Å². The molecule has 0 radical (unpaired) electrons. The fraction of sp³-hybridized carbons (Fsp3) is 0.667. The number of fused-ring (bicyclic) bond motifs is 2. The number of piperidine rings is 1. The molecule has 4 aliphatic rings. The van der Waals surface area contributed by atoms with Crippen molar-refractivity contribution >= 4 is 5.97 Å². The number of hydrogen-bond acceptors (Lipinski definition) is 4. The van der Waals surface area contributed by atoms with Crippen molar-refractivity contribution in [3.05, 3.63) is 47.5 Å². The van der Waals surface area contributed by atoms with Crippen LogP contribution in [-0.2, 0) is 16.0 Å². The normalized spacial score (nSPS) is 38.9. The average molecular weight is 424 g/mol. The molecule has 4 nitrogen and oxygen atoms in total. The van der Waals surface area contributed by atoms with Gasteiger partial charge in [0.1, 0.15) is 6.10 Å². The first-order valence-electron chi connectivity index (χ1n) is 12.3. The van der Waals surface area contributed by atoms with Crippen LogP contribution in [0.1, 0.15) is 51.5 Å². The second-order valence-corrected chi connectivity index (χ2v) is 10.7. The Labute approximate surface area is 186 Å². The first-order valence-corrected chi connectivity index (χ1v) is 12.3. The summed E-state index contributed by atoms with van der Waals surface area (Å²) in [5, 5.41) is 11.5. The van der Waals surface area contributed by atoms with Crippen LogP contribution in [0, 0.1) is 29.1 Å². The molecule has 0 amide bonds. The van der Waals surface area contributed by atoms with Crippen molar-refractivity contribution in [1.29, 1.82) is 0 Å². The molecule has 5 rings (SSSR count). The highest BCUT2D eigenvalue weighted by Gasteiger charge is 2.59. The van der Waals surface area contributed by atoms with Gasteiger partial charge in [-0.1, -0.05) is 55.8 Å². The summed E-state index contributed by atoms with van der Waals surface area (Å²) in [6, 6.07) is 10.8. The van der Waals surface area contributed by atoms with Crippen LogP contribution in [0.5, 0.6) is 0 Å². The highest BCUT2D eigenvalue weighted by atomic mass is 16.6. The first kappa shape index (κ1) is 21.2. The zero-order valence-electron chi connectivity index (χ0n) is 19.0. The lowest BCUT2D eigenvalue weighted by molar-refractivity contribution is -0.145. The number of hydrogen-bond donors (Lipinski definition) is 1. The minimum absolute atomic E-state index is 0.0720. The number of aliphatic hydroxyl groups is 1. The van der Waals surface area contributed by atoms with Gasteiger partial charge in [0.25, 0.3) is 0 Å². The number of ether oxygens (including phenoxy) is 1. The summed E-state index contributed by atoms with van der Waals surface area (Å²) in [6.07, 6.45) is 8.16. The number of benzene rings is 1. The van der Waals surface area contributed by atoms with Gasteiger partial charge in [-0.15, -0.1) is 0 Å². The summed E-state index contributed by atoms with van der Waals surface area (Å²) < 4.78 is 5.85. The van der Waals surface area contributed by atoms with Crippen LogP contribution >= 0.6 is 0 Å². The lowest BCUT2D eigenvalue weighted by Gasteiger charge is -2.52. The molecule has 0 bridgehead atoms. The topological polar surface area (TPSA) is 49.8 Å². The van der Waals surface area contributed by atoms with E-state index in [1.54, 1.807) is 0 Å². The average Bonchev–Trinajstić information content (AvgIpc) is 3.07. The zero-order valence-corrected chi connectivity index (χ0v) is 19.0. The number of allylic oxidation sites excluding steroid dienone is 1. The Hall–Kier alpha value is -1.65. The number of nitrogens with zero attached hydrogens (tertiary/aromatic N) is 1. The van der Waals surface area contributed by atoms with Crippen LogP contribution in [0.4, 0.5) is 0 Å². The molecule has 2 aliphatic carbocycles. The Kier molecular flexibility index (Phi) is 5.72. The Bertz CT molecular complexity index is 828. The van der Waals surface area contributed by atoms with Gasteiger partial charge in [0.15, 0.2) is 0 Å². The van der Waals surface area contributed by atoms with E-state index in [1.807, 2.05) is 0 Å². The molecule has 1 aromatic rings. The zero-order chi connectivity index (χ0) is 21.6. The minimum Gasteiger partial charge on any atom is -0.461 e. The van der Waals surface area contributed by atoms with Gasteiger partial charge in [0.05, 0.1) is 12.0 Å². The molecular formula is C27H37NO3. The molecule has 1 aromatic carbocycles. The molecule has 31 heavy (non-hydrogen) atoms. The maximum Gasteiger partial charge on any atom is 0.311 e. The lowest BCUT2D eigenvalue weighted by atomic mass is 9.55. The molecule has 0 aromatic heterocycles. The Morgan fingerprint density at radius 3 is 2.65 bits per heavy atom. The van der Waals surface area contributed by atoms with Gasteiger partial charge < -0.3 is 14.7 Å². The molecule has 2 heterocycles. The molecule has 2 aliphatic heterocycles. The first-order chi connectivity index (χ1) is 15.0. The second-order valence-electron chi connectivity index (χ2n) is 10.7. The van der Waals surface area contributed by atoms with Crippen LogP contribution in [0.3, 0.4) is 0 Å². The van der Waals surface area contributed by atoms with E-state index in [2.05, 4.69) is 55.2 Å². The van der Waals surface area contributed by atoms with Gasteiger partial charge in [-0.2, -0.15) is 0 Å². The molecule has 6 atom stereocenters. The molecular weight excluding hydrogens is 386 g/mol. The third kappa shape index (κ3) is 3.76. The fourth-order valence-corrected chi connectivity index (χ4v) is 6.87. The van der Waals surface area contributed by atoms with Crippen LogP contribution < -0.4 is 0 Å². The van der Waals surface area contributed by atoms with E-state index in [4.69, 9.17) is 4.74 Å². The van der Waals surface area contributed by atoms with Crippen molar-refractivity contribution in [2.75, 3.05) is 19.6 Å². The van der Waals surface area contributed by atoms with Gasteiger partial charge >= 0.3 is 5.97 Å². The molecule has 168 valence electrons. The number of likely N-dealkylation sites (tertiary alicyclic amines) is 1. The molecule has 4 heteroatoms. The van der Waals surface area contributed by atoms with Crippen LogP contribution in [0.15, 0.2) is 42.0 Å².